The second kappa shape index (κ2) is 33.0. The molecule has 5 heteroatoms. The fourth-order valence-electron chi connectivity index (χ4n) is 5.65. The van der Waals surface area contributed by atoms with Crippen molar-refractivity contribution >= 4 is 5.91 Å². The van der Waals surface area contributed by atoms with Crippen molar-refractivity contribution in [3.63, 3.8) is 0 Å². The van der Waals surface area contributed by atoms with Crippen LogP contribution < -0.4 is 5.32 Å². The molecule has 250 valence electrons. The fourth-order valence-corrected chi connectivity index (χ4v) is 5.65. The lowest BCUT2D eigenvalue weighted by molar-refractivity contribution is -0.131. The minimum Gasteiger partial charge on any atom is -0.394 e. The van der Waals surface area contributed by atoms with Crippen LogP contribution in [0.15, 0.2) is 12.2 Å². The molecule has 0 aromatic carbocycles. The molecule has 0 aliphatic heterocycles. The summed E-state index contributed by atoms with van der Waals surface area (Å²) in [5.74, 6) is -0.503. The lowest BCUT2D eigenvalue weighted by atomic mass is 10.0. The molecule has 42 heavy (non-hydrogen) atoms. The zero-order chi connectivity index (χ0) is 30.9. The zero-order valence-electron chi connectivity index (χ0n) is 28.1. The van der Waals surface area contributed by atoms with E-state index in [1.807, 2.05) is 6.08 Å². The number of allylic oxidation sites excluding steroid dienone is 1. The van der Waals surface area contributed by atoms with Gasteiger partial charge in [-0.15, -0.1) is 0 Å². The van der Waals surface area contributed by atoms with Crippen LogP contribution in [0, 0.1) is 0 Å². The number of unbranched alkanes of at least 4 members (excludes halogenated alkanes) is 25. The number of rotatable bonds is 33. The molecule has 0 aromatic heterocycles. The van der Waals surface area contributed by atoms with E-state index in [0.29, 0.717) is 6.42 Å². The average molecular weight is 596 g/mol. The lowest BCUT2D eigenvalue weighted by Crippen LogP contribution is -2.48. The van der Waals surface area contributed by atoms with Gasteiger partial charge < -0.3 is 20.6 Å². The van der Waals surface area contributed by atoms with E-state index in [4.69, 9.17) is 0 Å². The Morgan fingerprint density at radius 2 is 0.929 bits per heavy atom. The van der Waals surface area contributed by atoms with E-state index in [1.54, 1.807) is 6.08 Å². The average Bonchev–Trinajstić information content (AvgIpc) is 2.99. The van der Waals surface area contributed by atoms with Gasteiger partial charge in [0.1, 0.15) is 6.10 Å². The van der Waals surface area contributed by atoms with Gasteiger partial charge in [0.15, 0.2) is 0 Å². The summed E-state index contributed by atoms with van der Waals surface area (Å²) < 4.78 is 0. The highest BCUT2D eigenvalue weighted by Gasteiger charge is 2.22. The quantitative estimate of drug-likeness (QED) is 0.0449. The number of amides is 1. The predicted octanol–water partition coefficient (Wildman–Crippen LogP) is 9.70. The molecule has 0 aromatic rings. The number of hydrogen-bond acceptors (Lipinski definition) is 4. The standard InChI is InChI=1S/C37H73NO4/c1-3-5-7-9-11-13-15-17-18-20-21-23-25-27-29-31-35(40)34(33-39)38-37(42)36(41)32-30-28-26-24-22-19-16-14-12-10-8-6-4-2/h29,31,34-36,39-41H,3-28,30,32-33H2,1-2H3,(H,38,42)/b31-29+. The van der Waals surface area contributed by atoms with Crippen molar-refractivity contribution in [3.05, 3.63) is 12.2 Å². The van der Waals surface area contributed by atoms with Gasteiger partial charge in [0.25, 0.3) is 0 Å². The van der Waals surface area contributed by atoms with E-state index < -0.39 is 24.2 Å². The largest absolute Gasteiger partial charge is 0.394 e. The Balaban J connectivity index is 3.73. The van der Waals surface area contributed by atoms with Crippen LogP contribution in [0.25, 0.3) is 0 Å². The molecule has 0 rings (SSSR count). The molecule has 0 saturated heterocycles. The number of carbonyl (C=O) groups is 1. The van der Waals surface area contributed by atoms with Crippen molar-refractivity contribution in [2.45, 2.75) is 212 Å². The van der Waals surface area contributed by atoms with Crippen molar-refractivity contribution < 1.29 is 20.1 Å². The molecule has 0 aliphatic carbocycles. The summed E-state index contributed by atoms with van der Waals surface area (Å²) in [6.45, 7) is 4.17. The Morgan fingerprint density at radius 1 is 0.571 bits per heavy atom. The Hall–Kier alpha value is -0.910. The van der Waals surface area contributed by atoms with Crippen LogP contribution >= 0.6 is 0 Å². The van der Waals surface area contributed by atoms with Crippen LogP contribution in [0.5, 0.6) is 0 Å². The van der Waals surface area contributed by atoms with Crippen LogP contribution in [0.4, 0.5) is 0 Å². The van der Waals surface area contributed by atoms with Gasteiger partial charge in [-0.3, -0.25) is 4.79 Å². The molecule has 0 spiro atoms. The molecule has 1 amide bonds. The van der Waals surface area contributed by atoms with Crippen molar-refractivity contribution in [1.82, 2.24) is 5.32 Å². The SMILES string of the molecule is CCCCCCCCCCCCCCC/C=C/C(O)C(CO)NC(=O)C(O)CCCCCCCCCCCCCCC. The molecule has 0 aliphatic rings. The second-order valence-corrected chi connectivity index (χ2v) is 12.8. The van der Waals surface area contributed by atoms with Gasteiger partial charge in [0.05, 0.1) is 18.8 Å². The minimum absolute atomic E-state index is 0.360. The fraction of sp³-hybridized carbons (Fsp3) is 0.919. The lowest BCUT2D eigenvalue weighted by Gasteiger charge is -2.21. The van der Waals surface area contributed by atoms with E-state index in [1.165, 1.54) is 141 Å². The maximum Gasteiger partial charge on any atom is 0.249 e. The highest BCUT2D eigenvalue weighted by molar-refractivity contribution is 5.80. The topological polar surface area (TPSA) is 89.8 Å². The van der Waals surface area contributed by atoms with Gasteiger partial charge in [-0.25, -0.2) is 0 Å². The first-order valence-corrected chi connectivity index (χ1v) is 18.5. The number of aliphatic hydroxyl groups is 3. The molecule has 5 nitrogen and oxygen atoms in total. The zero-order valence-corrected chi connectivity index (χ0v) is 28.1. The summed E-state index contributed by atoms with van der Waals surface area (Å²) in [5.41, 5.74) is 0. The van der Waals surface area contributed by atoms with Crippen LogP contribution in [0.3, 0.4) is 0 Å². The van der Waals surface area contributed by atoms with E-state index in [9.17, 15) is 20.1 Å². The summed E-state index contributed by atoms with van der Waals surface area (Å²) in [4.78, 5) is 12.4. The van der Waals surface area contributed by atoms with Gasteiger partial charge in [-0.2, -0.15) is 0 Å². The van der Waals surface area contributed by atoms with E-state index >= 15 is 0 Å². The summed E-state index contributed by atoms with van der Waals surface area (Å²) in [6, 6.07) is -0.790. The Morgan fingerprint density at radius 3 is 1.31 bits per heavy atom. The maximum absolute atomic E-state index is 12.4. The molecule has 0 saturated carbocycles. The molecule has 0 radical (unpaired) electrons. The normalized spacial score (nSPS) is 13.9. The van der Waals surface area contributed by atoms with Gasteiger partial charge in [-0.05, 0) is 19.3 Å². The molecular formula is C37H73NO4. The van der Waals surface area contributed by atoms with Crippen molar-refractivity contribution in [3.8, 4) is 0 Å². The van der Waals surface area contributed by atoms with Crippen molar-refractivity contribution in [2.24, 2.45) is 0 Å². The summed E-state index contributed by atoms with van der Waals surface area (Å²) in [6.07, 6.45) is 36.5. The van der Waals surface area contributed by atoms with Gasteiger partial charge in [0, 0.05) is 0 Å². The van der Waals surface area contributed by atoms with Gasteiger partial charge >= 0.3 is 0 Å². The highest BCUT2D eigenvalue weighted by Crippen LogP contribution is 2.15. The van der Waals surface area contributed by atoms with Gasteiger partial charge in [-0.1, -0.05) is 187 Å². The first-order valence-electron chi connectivity index (χ1n) is 18.5. The van der Waals surface area contributed by atoms with Crippen LogP contribution in [0.1, 0.15) is 194 Å². The van der Waals surface area contributed by atoms with Crippen LogP contribution in [0.2, 0.25) is 0 Å². The number of aliphatic hydroxyl groups excluding tert-OH is 3. The molecule has 0 heterocycles. The van der Waals surface area contributed by atoms with Crippen LogP contribution in [-0.4, -0.2) is 46.1 Å². The third kappa shape index (κ3) is 27.9. The second-order valence-electron chi connectivity index (χ2n) is 12.8. The summed E-state index contributed by atoms with van der Waals surface area (Å²) in [7, 11) is 0. The predicted molar refractivity (Wildman–Crippen MR) is 181 cm³/mol. The molecule has 0 fully saturated rings. The van der Waals surface area contributed by atoms with E-state index in [0.717, 1.165) is 32.1 Å². The molecule has 3 unspecified atom stereocenters. The van der Waals surface area contributed by atoms with Gasteiger partial charge in [0.2, 0.25) is 5.91 Å². The number of carbonyl (C=O) groups excluding carboxylic acids is 1. The molecule has 0 bridgehead atoms. The molecular weight excluding hydrogens is 522 g/mol. The van der Waals surface area contributed by atoms with Crippen molar-refractivity contribution in [1.29, 1.82) is 0 Å². The maximum atomic E-state index is 12.4. The Labute approximate surface area is 261 Å². The smallest absolute Gasteiger partial charge is 0.249 e. The third-order valence-corrected chi connectivity index (χ3v) is 8.63. The summed E-state index contributed by atoms with van der Waals surface area (Å²) in [5, 5.41) is 32.9. The Bertz CT molecular complexity index is 582. The summed E-state index contributed by atoms with van der Waals surface area (Å²) >= 11 is 0. The first kappa shape index (κ1) is 41.1. The minimum atomic E-state index is -1.09. The van der Waals surface area contributed by atoms with Crippen LogP contribution in [-0.2, 0) is 4.79 Å². The molecule has 3 atom stereocenters. The first-order chi connectivity index (χ1) is 20.6. The van der Waals surface area contributed by atoms with Crippen molar-refractivity contribution in [2.75, 3.05) is 6.61 Å². The van der Waals surface area contributed by atoms with E-state index in [-0.39, 0.29) is 6.61 Å². The number of hydrogen-bond donors (Lipinski definition) is 4. The Kier molecular flexibility index (Phi) is 32.3. The highest BCUT2D eigenvalue weighted by atomic mass is 16.3. The molecule has 4 N–H and O–H groups in total. The number of nitrogens with one attached hydrogen (secondary N) is 1. The van der Waals surface area contributed by atoms with E-state index in [2.05, 4.69) is 19.2 Å². The third-order valence-electron chi connectivity index (χ3n) is 8.63. The monoisotopic (exact) mass is 596 g/mol.